The lowest BCUT2D eigenvalue weighted by Gasteiger charge is -2.30. The average Bonchev–Trinajstić information content (AvgIpc) is 2.94. The van der Waals surface area contributed by atoms with E-state index in [0.717, 1.165) is 51.3 Å². The molecule has 1 aliphatic heterocycles. The SMILES string of the molecule is COc1ccc(N2C(=O)c3c4c(nc5ccccc35)CC(C)(C)C=C42)cc1. The summed E-state index contributed by atoms with van der Waals surface area (Å²) in [6.07, 6.45) is 3.04. The summed E-state index contributed by atoms with van der Waals surface area (Å²) in [4.78, 5) is 20.3. The lowest BCUT2D eigenvalue weighted by Crippen LogP contribution is -2.26. The van der Waals surface area contributed by atoms with Gasteiger partial charge in [-0.25, -0.2) is 0 Å². The summed E-state index contributed by atoms with van der Waals surface area (Å²) >= 11 is 0. The highest BCUT2D eigenvalue weighted by atomic mass is 16.5. The minimum Gasteiger partial charge on any atom is -0.497 e. The predicted molar refractivity (Wildman–Crippen MR) is 107 cm³/mol. The van der Waals surface area contributed by atoms with E-state index in [4.69, 9.17) is 9.72 Å². The molecule has 134 valence electrons. The van der Waals surface area contributed by atoms with Crippen molar-refractivity contribution < 1.29 is 9.53 Å². The maximum Gasteiger partial charge on any atom is 0.264 e. The first kappa shape index (κ1) is 16.1. The molecule has 27 heavy (non-hydrogen) atoms. The summed E-state index contributed by atoms with van der Waals surface area (Å²) in [5.41, 5.74) is 5.39. The van der Waals surface area contributed by atoms with Gasteiger partial charge in [0.15, 0.2) is 0 Å². The first-order chi connectivity index (χ1) is 13.0. The number of benzene rings is 2. The Morgan fingerprint density at radius 1 is 1.04 bits per heavy atom. The molecular weight excluding hydrogens is 336 g/mol. The lowest BCUT2D eigenvalue weighted by molar-refractivity contribution is 0.101. The molecule has 0 bridgehead atoms. The van der Waals surface area contributed by atoms with E-state index in [-0.39, 0.29) is 11.3 Å². The van der Waals surface area contributed by atoms with Crippen LogP contribution in [-0.2, 0) is 6.42 Å². The molecule has 0 unspecified atom stereocenters. The molecule has 1 aromatic heterocycles. The minimum absolute atomic E-state index is 0.0129. The maximum atomic E-state index is 13.6. The zero-order valence-electron chi connectivity index (χ0n) is 15.6. The van der Waals surface area contributed by atoms with E-state index in [9.17, 15) is 4.79 Å². The maximum absolute atomic E-state index is 13.6. The molecule has 0 spiro atoms. The number of para-hydroxylation sites is 1. The third-order valence-corrected chi connectivity index (χ3v) is 5.36. The highest BCUT2D eigenvalue weighted by Crippen LogP contribution is 2.47. The van der Waals surface area contributed by atoms with Crippen LogP contribution in [0, 0.1) is 5.41 Å². The number of allylic oxidation sites excluding steroid dienone is 1. The second-order valence-electron chi connectivity index (χ2n) is 7.86. The van der Waals surface area contributed by atoms with Crippen molar-refractivity contribution in [2.45, 2.75) is 20.3 Å². The van der Waals surface area contributed by atoms with Gasteiger partial charge < -0.3 is 4.74 Å². The number of anilines is 1. The quantitative estimate of drug-likeness (QED) is 0.661. The molecule has 2 heterocycles. The monoisotopic (exact) mass is 356 g/mol. The number of carbonyl (C=O) groups is 1. The van der Waals surface area contributed by atoms with E-state index in [1.165, 1.54) is 0 Å². The topological polar surface area (TPSA) is 42.4 Å². The van der Waals surface area contributed by atoms with Gasteiger partial charge in [-0.05, 0) is 42.2 Å². The Hall–Kier alpha value is -3.14. The smallest absolute Gasteiger partial charge is 0.264 e. The normalized spacial score (nSPS) is 17.1. The van der Waals surface area contributed by atoms with Crippen LogP contribution >= 0.6 is 0 Å². The van der Waals surface area contributed by atoms with Crippen molar-refractivity contribution in [2.75, 3.05) is 12.0 Å². The molecule has 2 aliphatic rings. The summed E-state index contributed by atoms with van der Waals surface area (Å²) in [5, 5.41) is 0.919. The number of ether oxygens (including phenoxy) is 1. The van der Waals surface area contributed by atoms with E-state index in [1.807, 2.05) is 53.4 Å². The molecule has 1 amide bonds. The largest absolute Gasteiger partial charge is 0.497 e. The van der Waals surface area contributed by atoms with Crippen LogP contribution in [0.4, 0.5) is 5.69 Å². The van der Waals surface area contributed by atoms with Crippen LogP contribution in [0.2, 0.25) is 0 Å². The Morgan fingerprint density at radius 2 is 1.78 bits per heavy atom. The third-order valence-electron chi connectivity index (χ3n) is 5.36. The van der Waals surface area contributed by atoms with E-state index in [0.29, 0.717) is 0 Å². The van der Waals surface area contributed by atoms with Crippen LogP contribution in [0.5, 0.6) is 5.75 Å². The van der Waals surface area contributed by atoms with Gasteiger partial charge in [-0.15, -0.1) is 0 Å². The van der Waals surface area contributed by atoms with E-state index >= 15 is 0 Å². The summed E-state index contributed by atoms with van der Waals surface area (Å²) in [6.45, 7) is 4.38. The summed E-state index contributed by atoms with van der Waals surface area (Å²) in [6, 6.07) is 15.5. The van der Waals surface area contributed by atoms with Gasteiger partial charge >= 0.3 is 0 Å². The number of rotatable bonds is 2. The fourth-order valence-electron chi connectivity index (χ4n) is 4.20. The van der Waals surface area contributed by atoms with Gasteiger partial charge in [0.05, 0.1) is 29.6 Å². The highest BCUT2D eigenvalue weighted by Gasteiger charge is 2.42. The first-order valence-corrected chi connectivity index (χ1v) is 9.12. The molecule has 0 fully saturated rings. The van der Waals surface area contributed by atoms with Crippen LogP contribution in [0.15, 0.2) is 54.6 Å². The minimum atomic E-state index is -0.0651. The van der Waals surface area contributed by atoms with Gasteiger partial charge in [-0.2, -0.15) is 0 Å². The zero-order chi connectivity index (χ0) is 18.8. The molecule has 4 heteroatoms. The van der Waals surface area contributed by atoms with Crippen molar-refractivity contribution in [2.24, 2.45) is 5.41 Å². The van der Waals surface area contributed by atoms with Crippen molar-refractivity contribution in [3.63, 3.8) is 0 Å². The Morgan fingerprint density at radius 3 is 2.52 bits per heavy atom. The molecule has 1 aliphatic carbocycles. The second-order valence-corrected chi connectivity index (χ2v) is 7.86. The number of amides is 1. The average molecular weight is 356 g/mol. The Bertz CT molecular complexity index is 1130. The van der Waals surface area contributed by atoms with Crippen LogP contribution in [0.1, 0.15) is 35.5 Å². The van der Waals surface area contributed by atoms with Crippen molar-refractivity contribution in [3.8, 4) is 5.75 Å². The molecule has 0 saturated heterocycles. The van der Waals surface area contributed by atoms with Gasteiger partial charge in [-0.3, -0.25) is 14.7 Å². The van der Waals surface area contributed by atoms with E-state index < -0.39 is 0 Å². The Kier molecular flexibility index (Phi) is 3.23. The molecule has 5 rings (SSSR count). The number of hydrogen-bond donors (Lipinski definition) is 0. The molecule has 0 saturated carbocycles. The van der Waals surface area contributed by atoms with Crippen LogP contribution in [0.3, 0.4) is 0 Å². The van der Waals surface area contributed by atoms with Gasteiger partial charge in [0.2, 0.25) is 0 Å². The summed E-state index contributed by atoms with van der Waals surface area (Å²) in [5.74, 6) is 0.785. The predicted octanol–water partition coefficient (Wildman–Crippen LogP) is 4.83. The number of nitrogens with zero attached hydrogens (tertiary/aromatic N) is 2. The number of carbonyl (C=O) groups excluding carboxylic acids is 1. The van der Waals surface area contributed by atoms with E-state index in [1.54, 1.807) is 7.11 Å². The van der Waals surface area contributed by atoms with E-state index in [2.05, 4.69) is 19.9 Å². The lowest BCUT2D eigenvalue weighted by atomic mass is 9.79. The fourth-order valence-corrected chi connectivity index (χ4v) is 4.20. The van der Waals surface area contributed by atoms with Gasteiger partial charge in [0.25, 0.3) is 5.91 Å². The van der Waals surface area contributed by atoms with Gasteiger partial charge in [0, 0.05) is 16.6 Å². The molecule has 3 aromatic rings. The van der Waals surface area contributed by atoms with Crippen molar-refractivity contribution in [1.82, 2.24) is 4.98 Å². The van der Waals surface area contributed by atoms with Crippen molar-refractivity contribution >= 4 is 28.2 Å². The third kappa shape index (κ3) is 2.29. The standard InChI is InChI=1S/C23H20N2O2/c1-23(2)12-18-21-19(13-23)25(14-8-10-15(27-3)11-9-14)22(26)20(21)16-6-4-5-7-17(16)24-18/h4-11,13H,12H2,1-3H3. The van der Waals surface area contributed by atoms with Crippen LogP contribution in [0.25, 0.3) is 16.6 Å². The van der Waals surface area contributed by atoms with Crippen molar-refractivity contribution in [1.29, 1.82) is 0 Å². The van der Waals surface area contributed by atoms with Crippen molar-refractivity contribution in [3.05, 3.63) is 71.4 Å². The summed E-state index contributed by atoms with van der Waals surface area (Å²) in [7, 11) is 1.64. The van der Waals surface area contributed by atoms with Gasteiger partial charge in [-0.1, -0.05) is 38.1 Å². The molecule has 0 atom stereocenters. The summed E-state index contributed by atoms with van der Waals surface area (Å²) < 4.78 is 5.27. The molecule has 0 N–H and O–H groups in total. The van der Waals surface area contributed by atoms with Crippen LogP contribution in [-0.4, -0.2) is 18.0 Å². The molecular formula is C23H20N2O2. The zero-order valence-corrected chi connectivity index (χ0v) is 15.6. The highest BCUT2D eigenvalue weighted by molar-refractivity contribution is 6.27. The number of fused-ring (bicyclic) bond motifs is 2. The molecule has 4 nitrogen and oxygen atoms in total. The number of aromatic nitrogens is 1. The van der Waals surface area contributed by atoms with Gasteiger partial charge in [0.1, 0.15) is 5.75 Å². The number of pyridine rings is 1. The second kappa shape index (κ2) is 5.43. The first-order valence-electron chi connectivity index (χ1n) is 9.12. The Balaban J connectivity index is 1.79. The Labute approximate surface area is 158 Å². The molecule has 2 aromatic carbocycles. The molecule has 0 radical (unpaired) electrons. The number of methoxy groups -OCH3 is 1. The number of hydrogen-bond acceptors (Lipinski definition) is 3. The van der Waals surface area contributed by atoms with Crippen LogP contribution < -0.4 is 9.64 Å². The fraction of sp³-hybridized carbons (Fsp3) is 0.217.